The number of rotatable bonds is 8. The number of aryl methyl sites for hydroxylation is 2. The number of aromatic carboxylic acids is 1. The molecule has 4 nitrogen and oxygen atoms in total. The van der Waals surface area contributed by atoms with Gasteiger partial charge in [-0.25, -0.2) is 9.78 Å². The van der Waals surface area contributed by atoms with E-state index >= 15 is 0 Å². The van der Waals surface area contributed by atoms with Gasteiger partial charge in [-0.1, -0.05) is 12.1 Å². The van der Waals surface area contributed by atoms with Gasteiger partial charge in [0.25, 0.3) is 0 Å². The Hall–Kier alpha value is -1.72. The number of carboxylic acids is 1. The maximum absolute atomic E-state index is 10.7. The number of carboxylic acid groups (broad SMARTS) is 1. The molecule has 112 valence electrons. The molecular weight excluding hydrogens is 284 g/mol. The lowest BCUT2D eigenvalue weighted by Gasteiger charge is -2.05. The van der Waals surface area contributed by atoms with Crippen LogP contribution in [0.3, 0.4) is 0 Å². The predicted octanol–water partition coefficient (Wildman–Crippen LogP) is 3.26. The van der Waals surface area contributed by atoms with Crippen LogP contribution in [0, 0.1) is 6.92 Å². The van der Waals surface area contributed by atoms with Gasteiger partial charge in [-0.3, -0.25) is 0 Å². The summed E-state index contributed by atoms with van der Waals surface area (Å²) in [5.74, 6) is -0.882. The lowest BCUT2D eigenvalue weighted by Crippen LogP contribution is -2.14. The minimum atomic E-state index is -0.882. The topological polar surface area (TPSA) is 62.2 Å². The zero-order valence-electron chi connectivity index (χ0n) is 12.1. The fourth-order valence-corrected chi connectivity index (χ4v) is 2.86. The molecule has 2 aromatic rings. The largest absolute Gasteiger partial charge is 0.478 e. The molecule has 0 radical (unpaired) electrons. The molecule has 1 aromatic heterocycles. The molecule has 1 heterocycles. The van der Waals surface area contributed by atoms with Gasteiger partial charge in [-0.15, -0.1) is 11.3 Å². The Labute approximate surface area is 128 Å². The van der Waals surface area contributed by atoms with Crippen molar-refractivity contribution in [1.82, 2.24) is 10.3 Å². The number of hydrogen-bond donors (Lipinski definition) is 2. The molecule has 0 spiro atoms. The molecule has 0 fully saturated rings. The Bertz CT molecular complexity index is 578. The van der Waals surface area contributed by atoms with Crippen molar-refractivity contribution < 1.29 is 9.90 Å². The number of benzene rings is 1. The maximum atomic E-state index is 10.7. The smallest absolute Gasteiger partial charge is 0.335 e. The van der Waals surface area contributed by atoms with Gasteiger partial charge in [0, 0.05) is 17.6 Å². The van der Waals surface area contributed by atoms with Crippen LogP contribution in [0.4, 0.5) is 0 Å². The van der Waals surface area contributed by atoms with E-state index in [0.29, 0.717) is 5.56 Å². The first-order valence-electron chi connectivity index (χ1n) is 7.09. The second-order valence-electron chi connectivity index (χ2n) is 5.02. The van der Waals surface area contributed by atoms with Gasteiger partial charge in [-0.05, 0) is 50.4 Å². The summed E-state index contributed by atoms with van der Waals surface area (Å²) in [7, 11) is 0. The van der Waals surface area contributed by atoms with Crippen LogP contribution < -0.4 is 5.32 Å². The van der Waals surface area contributed by atoms with E-state index in [9.17, 15) is 4.79 Å². The van der Waals surface area contributed by atoms with Gasteiger partial charge in [0.15, 0.2) is 0 Å². The van der Waals surface area contributed by atoms with Crippen molar-refractivity contribution in [2.75, 3.05) is 6.54 Å². The molecular formula is C16H20N2O2S. The summed E-state index contributed by atoms with van der Waals surface area (Å²) >= 11 is 1.73. The van der Waals surface area contributed by atoms with Crippen LogP contribution in [0.1, 0.15) is 39.5 Å². The number of thiazole rings is 1. The first-order chi connectivity index (χ1) is 10.1. The molecule has 2 N–H and O–H groups in total. The molecule has 0 aliphatic rings. The summed E-state index contributed by atoms with van der Waals surface area (Å²) in [6, 6.07) is 7.00. The van der Waals surface area contributed by atoms with Crippen molar-refractivity contribution in [2.45, 2.75) is 32.7 Å². The fourth-order valence-electron chi connectivity index (χ4n) is 2.04. The molecule has 1 aromatic carbocycles. The van der Waals surface area contributed by atoms with Gasteiger partial charge >= 0.3 is 5.97 Å². The van der Waals surface area contributed by atoms with E-state index in [4.69, 9.17) is 5.11 Å². The van der Waals surface area contributed by atoms with E-state index in [1.54, 1.807) is 23.5 Å². The van der Waals surface area contributed by atoms with E-state index in [-0.39, 0.29) is 0 Å². The van der Waals surface area contributed by atoms with Gasteiger partial charge in [0.05, 0.1) is 10.6 Å². The SMILES string of the molecule is Cc1csc(CCCCNCc2ccc(C(=O)O)cc2)n1. The first-order valence-corrected chi connectivity index (χ1v) is 7.97. The van der Waals surface area contributed by atoms with E-state index in [2.05, 4.69) is 15.7 Å². The third kappa shape index (κ3) is 5.28. The molecule has 0 saturated heterocycles. The third-order valence-electron chi connectivity index (χ3n) is 3.19. The summed E-state index contributed by atoms with van der Waals surface area (Å²) in [5.41, 5.74) is 2.55. The molecule has 0 saturated carbocycles. The summed E-state index contributed by atoms with van der Waals surface area (Å²) in [5, 5.41) is 15.5. The minimum absolute atomic E-state index is 0.331. The molecule has 0 aliphatic heterocycles. The quantitative estimate of drug-likeness (QED) is 0.735. The monoisotopic (exact) mass is 304 g/mol. The molecule has 0 unspecified atom stereocenters. The highest BCUT2D eigenvalue weighted by molar-refractivity contribution is 7.09. The van der Waals surface area contributed by atoms with Crippen LogP contribution in [0.2, 0.25) is 0 Å². The van der Waals surface area contributed by atoms with Crippen molar-refractivity contribution >= 4 is 17.3 Å². The zero-order chi connectivity index (χ0) is 15.1. The summed E-state index contributed by atoms with van der Waals surface area (Å²) in [4.78, 5) is 15.2. The predicted molar refractivity (Wildman–Crippen MR) is 84.9 cm³/mol. The molecule has 0 aliphatic carbocycles. The summed E-state index contributed by atoms with van der Waals surface area (Å²) in [6.07, 6.45) is 3.30. The molecule has 0 atom stereocenters. The number of nitrogens with one attached hydrogen (secondary N) is 1. The van der Waals surface area contributed by atoms with Crippen LogP contribution in [0.15, 0.2) is 29.6 Å². The van der Waals surface area contributed by atoms with Crippen LogP contribution in [-0.2, 0) is 13.0 Å². The highest BCUT2D eigenvalue weighted by atomic mass is 32.1. The van der Waals surface area contributed by atoms with E-state index in [1.165, 1.54) is 5.01 Å². The Morgan fingerprint density at radius 1 is 1.29 bits per heavy atom. The Kier molecular flexibility index (Phi) is 5.90. The number of hydrogen-bond acceptors (Lipinski definition) is 4. The average molecular weight is 304 g/mol. The first kappa shape index (κ1) is 15.7. The van der Waals surface area contributed by atoms with Gasteiger partial charge < -0.3 is 10.4 Å². The van der Waals surface area contributed by atoms with Crippen LogP contribution >= 0.6 is 11.3 Å². The molecule has 21 heavy (non-hydrogen) atoms. The highest BCUT2D eigenvalue weighted by Crippen LogP contribution is 2.11. The van der Waals surface area contributed by atoms with Gasteiger partial charge in [0.2, 0.25) is 0 Å². The Morgan fingerprint density at radius 3 is 2.67 bits per heavy atom. The Balaban J connectivity index is 1.60. The maximum Gasteiger partial charge on any atom is 0.335 e. The second kappa shape index (κ2) is 7.90. The summed E-state index contributed by atoms with van der Waals surface area (Å²) in [6.45, 7) is 3.76. The standard InChI is InChI=1S/C16H20N2O2S/c1-12-11-21-15(18-12)4-2-3-9-17-10-13-5-7-14(8-6-13)16(19)20/h5-8,11,17H,2-4,9-10H2,1H3,(H,19,20). The average Bonchev–Trinajstić information content (AvgIpc) is 2.89. The van der Waals surface area contributed by atoms with Crippen LogP contribution in [0.25, 0.3) is 0 Å². The van der Waals surface area contributed by atoms with Crippen molar-refractivity contribution in [2.24, 2.45) is 0 Å². The van der Waals surface area contributed by atoms with Crippen molar-refractivity contribution in [1.29, 1.82) is 0 Å². The normalized spacial score (nSPS) is 10.7. The van der Waals surface area contributed by atoms with E-state index < -0.39 is 5.97 Å². The van der Waals surface area contributed by atoms with Crippen LogP contribution in [0.5, 0.6) is 0 Å². The minimum Gasteiger partial charge on any atom is -0.478 e. The van der Waals surface area contributed by atoms with E-state index in [1.807, 2.05) is 19.1 Å². The molecule has 0 bridgehead atoms. The highest BCUT2D eigenvalue weighted by Gasteiger charge is 2.01. The molecule has 5 heteroatoms. The molecule has 0 amide bonds. The van der Waals surface area contributed by atoms with Crippen molar-refractivity contribution in [3.63, 3.8) is 0 Å². The molecule has 2 rings (SSSR count). The lowest BCUT2D eigenvalue weighted by atomic mass is 10.1. The summed E-state index contributed by atoms with van der Waals surface area (Å²) < 4.78 is 0. The van der Waals surface area contributed by atoms with Gasteiger partial charge in [0.1, 0.15) is 0 Å². The number of aromatic nitrogens is 1. The van der Waals surface area contributed by atoms with Gasteiger partial charge in [-0.2, -0.15) is 0 Å². The number of carbonyl (C=O) groups is 1. The second-order valence-corrected chi connectivity index (χ2v) is 5.96. The third-order valence-corrected chi connectivity index (χ3v) is 4.22. The van der Waals surface area contributed by atoms with Crippen molar-refractivity contribution in [3.05, 3.63) is 51.5 Å². The number of nitrogens with zero attached hydrogens (tertiary/aromatic N) is 1. The lowest BCUT2D eigenvalue weighted by molar-refractivity contribution is 0.0697. The van der Waals surface area contributed by atoms with Crippen molar-refractivity contribution in [3.8, 4) is 0 Å². The van der Waals surface area contributed by atoms with E-state index in [0.717, 1.165) is 43.6 Å². The zero-order valence-corrected chi connectivity index (χ0v) is 12.9. The fraction of sp³-hybridized carbons (Fsp3) is 0.375. The number of unbranched alkanes of at least 4 members (excludes halogenated alkanes) is 1. The van der Waals surface area contributed by atoms with Crippen LogP contribution in [-0.4, -0.2) is 22.6 Å². The Morgan fingerprint density at radius 2 is 2.05 bits per heavy atom.